The summed E-state index contributed by atoms with van der Waals surface area (Å²) in [5.41, 5.74) is 0.606. The number of morpholine rings is 1. The molecule has 5 rings (SSSR count). The molecular formula is C19H34NO3+. The van der Waals surface area contributed by atoms with E-state index < -0.39 is 0 Å². The van der Waals surface area contributed by atoms with Crippen LogP contribution in [-0.4, -0.2) is 57.3 Å². The molecule has 1 heterocycles. The molecule has 4 saturated carbocycles. The maximum absolute atomic E-state index is 10.2. The number of aliphatic hydroxyl groups excluding tert-OH is 1. The molecular weight excluding hydrogens is 290 g/mol. The van der Waals surface area contributed by atoms with Crippen molar-refractivity contribution in [3.63, 3.8) is 0 Å². The highest BCUT2D eigenvalue weighted by Gasteiger charge is 2.50. The quantitative estimate of drug-likeness (QED) is 0.684. The number of hydrogen-bond donors (Lipinski definition) is 2. The molecule has 0 radical (unpaired) electrons. The van der Waals surface area contributed by atoms with Crippen LogP contribution in [0.1, 0.15) is 44.9 Å². The van der Waals surface area contributed by atoms with Crippen molar-refractivity contribution >= 4 is 0 Å². The Bertz CT molecular complexity index is 359. The lowest BCUT2D eigenvalue weighted by Gasteiger charge is -2.57. The van der Waals surface area contributed by atoms with Crippen molar-refractivity contribution in [1.29, 1.82) is 0 Å². The molecule has 0 aromatic heterocycles. The first-order chi connectivity index (χ1) is 11.2. The number of rotatable bonds is 7. The lowest BCUT2D eigenvalue weighted by molar-refractivity contribution is -0.911. The Morgan fingerprint density at radius 2 is 1.65 bits per heavy atom. The molecule has 0 unspecified atom stereocenters. The minimum Gasteiger partial charge on any atom is -0.385 e. The molecule has 132 valence electrons. The van der Waals surface area contributed by atoms with E-state index in [2.05, 4.69) is 0 Å². The van der Waals surface area contributed by atoms with Gasteiger partial charge in [0.25, 0.3) is 0 Å². The molecule has 4 nitrogen and oxygen atoms in total. The second kappa shape index (κ2) is 6.99. The van der Waals surface area contributed by atoms with Crippen LogP contribution in [0.2, 0.25) is 0 Å². The average Bonchev–Trinajstić information content (AvgIpc) is 2.51. The summed E-state index contributed by atoms with van der Waals surface area (Å²) in [5.74, 6) is 3.07. The molecule has 1 aliphatic heterocycles. The zero-order valence-corrected chi connectivity index (χ0v) is 14.5. The van der Waals surface area contributed by atoms with Crippen molar-refractivity contribution in [2.75, 3.05) is 46.1 Å². The predicted molar refractivity (Wildman–Crippen MR) is 88.4 cm³/mol. The Balaban J connectivity index is 1.16. The first-order valence-corrected chi connectivity index (χ1v) is 9.88. The number of hydrogen-bond acceptors (Lipinski definition) is 3. The highest BCUT2D eigenvalue weighted by molar-refractivity contribution is 5.01. The third-order valence-corrected chi connectivity index (χ3v) is 6.98. The summed E-state index contributed by atoms with van der Waals surface area (Å²) in [6.45, 7) is 5.86. The number of quaternary nitrogens is 1. The fourth-order valence-electron chi connectivity index (χ4n) is 6.36. The van der Waals surface area contributed by atoms with Crippen molar-refractivity contribution in [3.8, 4) is 0 Å². The first kappa shape index (κ1) is 16.3. The maximum atomic E-state index is 10.2. The first-order valence-electron chi connectivity index (χ1n) is 9.88. The zero-order valence-electron chi connectivity index (χ0n) is 14.5. The average molecular weight is 324 g/mol. The summed E-state index contributed by atoms with van der Waals surface area (Å²) in [4.78, 5) is 1.45. The molecule has 2 N–H and O–H groups in total. The SMILES string of the molecule is O[C@@H](COCCC12CC3CC(CC(C3)C1)C2)C[NH+]1CCOCC1. The minimum atomic E-state index is -0.320. The lowest BCUT2D eigenvalue weighted by atomic mass is 9.49. The summed E-state index contributed by atoms with van der Waals surface area (Å²) in [6, 6.07) is 0. The molecule has 4 aliphatic carbocycles. The fourth-order valence-corrected chi connectivity index (χ4v) is 6.36. The van der Waals surface area contributed by atoms with E-state index in [4.69, 9.17) is 9.47 Å². The van der Waals surface area contributed by atoms with Crippen LogP contribution in [0.3, 0.4) is 0 Å². The van der Waals surface area contributed by atoms with Gasteiger partial charge in [-0.2, -0.15) is 0 Å². The summed E-state index contributed by atoms with van der Waals surface area (Å²) < 4.78 is 11.2. The van der Waals surface area contributed by atoms with Gasteiger partial charge in [0.2, 0.25) is 0 Å². The lowest BCUT2D eigenvalue weighted by Crippen LogP contribution is -3.15. The van der Waals surface area contributed by atoms with E-state index in [0.717, 1.165) is 57.2 Å². The number of aliphatic hydroxyl groups is 1. The largest absolute Gasteiger partial charge is 0.385 e. The molecule has 0 aromatic rings. The van der Waals surface area contributed by atoms with Gasteiger partial charge in [-0.1, -0.05) is 0 Å². The fraction of sp³-hybridized carbons (Fsp3) is 1.00. The third kappa shape index (κ3) is 3.92. The molecule has 1 saturated heterocycles. The van der Waals surface area contributed by atoms with Gasteiger partial charge in [-0.3, -0.25) is 0 Å². The Morgan fingerprint density at radius 1 is 1.04 bits per heavy atom. The molecule has 23 heavy (non-hydrogen) atoms. The molecule has 4 bridgehead atoms. The van der Waals surface area contributed by atoms with E-state index in [1.165, 1.54) is 49.8 Å². The van der Waals surface area contributed by atoms with Crippen LogP contribution in [0.4, 0.5) is 0 Å². The molecule has 1 atom stereocenters. The van der Waals surface area contributed by atoms with Crippen LogP contribution in [-0.2, 0) is 9.47 Å². The zero-order chi connectivity index (χ0) is 15.7. The molecule has 4 heteroatoms. The van der Waals surface area contributed by atoms with Crippen molar-refractivity contribution < 1.29 is 19.5 Å². The van der Waals surface area contributed by atoms with Gasteiger partial charge in [0, 0.05) is 6.61 Å². The van der Waals surface area contributed by atoms with Crippen LogP contribution in [0, 0.1) is 23.2 Å². The summed E-state index contributed by atoms with van der Waals surface area (Å²) in [5, 5.41) is 10.2. The van der Waals surface area contributed by atoms with E-state index in [0.29, 0.717) is 12.0 Å². The maximum Gasteiger partial charge on any atom is 0.126 e. The molecule has 5 aliphatic rings. The standard InChI is InChI=1S/C19H33NO3/c21-18(13-20-2-5-22-6-3-20)14-23-4-1-19-10-15-7-16(11-19)9-17(8-15)12-19/h15-18,21H,1-14H2/p+1/t15?,16?,17?,18-,19?/m1/s1. The molecule has 0 aromatic carbocycles. The summed E-state index contributed by atoms with van der Waals surface area (Å²) in [6.07, 6.45) is 9.84. The second-order valence-electron chi connectivity index (χ2n) is 8.96. The van der Waals surface area contributed by atoms with Gasteiger partial charge in [0.05, 0.1) is 19.8 Å². The van der Waals surface area contributed by atoms with Gasteiger partial charge in [-0.25, -0.2) is 0 Å². The van der Waals surface area contributed by atoms with E-state index >= 15 is 0 Å². The smallest absolute Gasteiger partial charge is 0.126 e. The number of ether oxygens (including phenoxy) is 2. The van der Waals surface area contributed by atoms with Crippen LogP contribution in [0.5, 0.6) is 0 Å². The van der Waals surface area contributed by atoms with Gasteiger partial charge in [-0.15, -0.1) is 0 Å². The Kier molecular flexibility index (Phi) is 4.96. The van der Waals surface area contributed by atoms with E-state index in [9.17, 15) is 5.11 Å². The topological polar surface area (TPSA) is 43.1 Å². The Labute approximate surface area is 140 Å². The number of nitrogens with one attached hydrogen (secondary N) is 1. The van der Waals surface area contributed by atoms with Crippen molar-refractivity contribution in [3.05, 3.63) is 0 Å². The molecule has 0 spiro atoms. The van der Waals surface area contributed by atoms with Gasteiger partial charge in [0.1, 0.15) is 25.7 Å². The summed E-state index contributed by atoms with van der Waals surface area (Å²) >= 11 is 0. The van der Waals surface area contributed by atoms with Crippen LogP contribution >= 0.6 is 0 Å². The van der Waals surface area contributed by atoms with Gasteiger partial charge in [-0.05, 0) is 68.1 Å². The van der Waals surface area contributed by atoms with Crippen molar-refractivity contribution in [2.45, 2.75) is 51.0 Å². The van der Waals surface area contributed by atoms with Gasteiger partial charge >= 0.3 is 0 Å². The monoisotopic (exact) mass is 324 g/mol. The molecule has 5 fully saturated rings. The third-order valence-electron chi connectivity index (χ3n) is 6.98. The normalized spacial score (nSPS) is 41.3. The Hall–Kier alpha value is -0.160. The van der Waals surface area contributed by atoms with Crippen molar-refractivity contribution in [2.24, 2.45) is 23.2 Å². The van der Waals surface area contributed by atoms with Crippen molar-refractivity contribution in [1.82, 2.24) is 0 Å². The van der Waals surface area contributed by atoms with E-state index in [1.54, 1.807) is 0 Å². The van der Waals surface area contributed by atoms with Gasteiger partial charge in [0.15, 0.2) is 0 Å². The van der Waals surface area contributed by atoms with E-state index in [-0.39, 0.29) is 6.10 Å². The van der Waals surface area contributed by atoms with Crippen LogP contribution in [0.15, 0.2) is 0 Å². The van der Waals surface area contributed by atoms with Gasteiger partial charge < -0.3 is 19.5 Å². The highest BCUT2D eigenvalue weighted by atomic mass is 16.5. The second-order valence-corrected chi connectivity index (χ2v) is 8.96. The minimum absolute atomic E-state index is 0.320. The van der Waals surface area contributed by atoms with Crippen LogP contribution in [0.25, 0.3) is 0 Å². The Morgan fingerprint density at radius 3 is 2.26 bits per heavy atom. The summed E-state index contributed by atoms with van der Waals surface area (Å²) in [7, 11) is 0. The van der Waals surface area contributed by atoms with Crippen LogP contribution < -0.4 is 4.90 Å². The highest BCUT2D eigenvalue weighted by Crippen LogP contribution is 2.61. The molecule has 0 amide bonds. The predicted octanol–water partition coefficient (Wildman–Crippen LogP) is 0.886. The van der Waals surface area contributed by atoms with E-state index in [1.807, 2.05) is 0 Å².